The highest BCUT2D eigenvalue weighted by atomic mass is 16.5. The Morgan fingerprint density at radius 1 is 1.54 bits per heavy atom. The van der Waals surface area contributed by atoms with Crippen molar-refractivity contribution < 1.29 is 9.84 Å². The molecule has 3 nitrogen and oxygen atoms in total. The highest BCUT2D eigenvalue weighted by Crippen LogP contribution is 2.40. The van der Waals surface area contributed by atoms with Crippen LogP contribution in [0, 0.1) is 11.3 Å². The summed E-state index contributed by atoms with van der Waals surface area (Å²) >= 11 is 0. The van der Waals surface area contributed by atoms with Gasteiger partial charge in [0.25, 0.3) is 0 Å². The van der Waals surface area contributed by atoms with Crippen molar-refractivity contribution in [1.82, 2.24) is 0 Å². The molecule has 0 saturated heterocycles. The van der Waals surface area contributed by atoms with Crippen molar-refractivity contribution in [3.63, 3.8) is 0 Å². The Morgan fingerprint density at radius 3 is 2.85 bits per heavy atom. The number of para-hydroxylation sites is 1. The first-order valence-electron chi connectivity index (χ1n) is 4.04. The van der Waals surface area contributed by atoms with Gasteiger partial charge in [0.15, 0.2) is 0 Å². The maximum absolute atomic E-state index is 9.96. The van der Waals surface area contributed by atoms with Gasteiger partial charge in [0.1, 0.15) is 17.4 Å². The van der Waals surface area contributed by atoms with Crippen LogP contribution in [0.25, 0.3) is 0 Å². The monoisotopic (exact) mass is 175 g/mol. The van der Waals surface area contributed by atoms with E-state index >= 15 is 0 Å². The molecule has 0 aromatic heterocycles. The van der Waals surface area contributed by atoms with Crippen molar-refractivity contribution in [3.05, 3.63) is 29.8 Å². The molecule has 0 bridgehead atoms. The molecule has 1 aromatic carbocycles. The van der Waals surface area contributed by atoms with Crippen LogP contribution < -0.4 is 4.74 Å². The predicted octanol–water partition coefficient (Wildman–Crippen LogP) is 1.18. The van der Waals surface area contributed by atoms with E-state index < -0.39 is 11.7 Å². The van der Waals surface area contributed by atoms with Crippen molar-refractivity contribution in [2.24, 2.45) is 0 Å². The number of ether oxygens (including phenoxy) is 1. The largest absolute Gasteiger partial charge is 0.472 e. The second-order valence-corrected chi connectivity index (χ2v) is 3.27. The van der Waals surface area contributed by atoms with Crippen LogP contribution in [0.4, 0.5) is 0 Å². The molecule has 1 aromatic rings. The molecule has 2 atom stereocenters. The zero-order chi connectivity index (χ0) is 9.47. The third kappa shape index (κ3) is 0.995. The summed E-state index contributed by atoms with van der Waals surface area (Å²) in [5, 5.41) is 18.7. The summed E-state index contributed by atoms with van der Waals surface area (Å²) in [5.74, 6) is 0.596. The fourth-order valence-corrected chi connectivity index (χ4v) is 1.52. The van der Waals surface area contributed by atoms with Crippen molar-refractivity contribution in [2.75, 3.05) is 0 Å². The first-order chi connectivity index (χ1) is 6.16. The molecular formula is C10H9NO2. The van der Waals surface area contributed by atoms with Gasteiger partial charge in [-0.1, -0.05) is 18.2 Å². The van der Waals surface area contributed by atoms with Gasteiger partial charge in [-0.3, -0.25) is 0 Å². The molecule has 0 aliphatic carbocycles. The van der Waals surface area contributed by atoms with E-state index in [1.807, 2.05) is 18.2 Å². The van der Waals surface area contributed by atoms with Gasteiger partial charge >= 0.3 is 0 Å². The van der Waals surface area contributed by atoms with E-state index in [0.717, 1.165) is 0 Å². The highest BCUT2D eigenvalue weighted by molar-refractivity contribution is 5.44. The number of aliphatic hydroxyl groups is 1. The number of fused-ring (bicyclic) bond motifs is 1. The summed E-state index contributed by atoms with van der Waals surface area (Å²) in [6.45, 7) is 1.59. The zero-order valence-corrected chi connectivity index (χ0v) is 7.19. The van der Waals surface area contributed by atoms with Crippen LogP contribution >= 0.6 is 0 Å². The maximum atomic E-state index is 9.96. The van der Waals surface area contributed by atoms with Crippen molar-refractivity contribution in [1.29, 1.82) is 5.26 Å². The fraction of sp³-hybridized carbons (Fsp3) is 0.300. The molecular weight excluding hydrogens is 166 g/mol. The summed E-state index contributed by atoms with van der Waals surface area (Å²) in [7, 11) is 0. The van der Waals surface area contributed by atoms with Gasteiger partial charge in [-0.25, -0.2) is 0 Å². The molecule has 0 radical (unpaired) electrons. The van der Waals surface area contributed by atoms with E-state index in [1.54, 1.807) is 19.1 Å². The number of nitriles is 1. The van der Waals surface area contributed by atoms with Crippen LogP contribution in [0.5, 0.6) is 5.75 Å². The molecule has 1 aliphatic rings. The Kier molecular flexibility index (Phi) is 1.54. The minimum Gasteiger partial charge on any atom is -0.472 e. The summed E-state index contributed by atoms with van der Waals surface area (Å²) in [6, 6.07) is 9.08. The molecule has 66 valence electrons. The Balaban J connectivity index is 2.55. The van der Waals surface area contributed by atoms with E-state index in [9.17, 15) is 5.11 Å². The third-order valence-electron chi connectivity index (χ3n) is 2.30. The SMILES string of the molecule is CC1(O)c2ccccc2OC1C#N. The summed E-state index contributed by atoms with van der Waals surface area (Å²) in [6.07, 6.45) is -0.801. The minimum absolute atomic E-state index is 0.596. The second kappa shape index (κ2) is 2.48. The Labute approximate surface area is 76.2 Å². The van der Waals surface area contributed by atoms with Crippen LogP contribution in [0.2, 0.25) is 0 Å². The summed E-state index contributed by atoms with van der Waals surface area (Å²) in [5.41, 5.74) is -0.507. The van der Waals surface area contributed by atoms with E-state index in [1.165, 1.54) is 0 Å². The smallest absolute Gasteiger partial charge is 0.216 e. The lowest BCUT2D eigenvalue weighted by Crippen LogP contribution is -2.33. The lowest BCUT2D eigenvalue weighted by Gasteiger charge is -2.18. The van der Waals surface area contributed by atoms with Gasteiger partial charge in [0.2, 0.25) is 6.10 Å². The predicted molar refractivity (Wildman–Crippen MR) is 46.0 cm³/mol. The van der Waals surface area contributed by atoms with Crippen LogP contribution in [-0.2, 0) is 5.60 Å². The minimum atomic E-state index is -1.19. The first-order valence-corrected chi connectivity index (χ1v) is 4.04. The quantitative estimate of drug-likeness (QED) is 0.644. The number of hydrogen-bond acceptors (Lipinski definition) is 3. The van der Waals surface area contributed by atoms with Gasteiger partial charge in [-0.2, -0.15) is 5.26 Å². The molecule has 1 heterocycles. The molecule has 0 amide bonds. The lowest BCUT2D eigenvalue weighted by molar-refractivity contribution is 0.00213. The van der Waals surface area contributed by atoms with Gasteiger partial charge in [0.05, 0.1) is 0 Å². The zero-order valence-electron chi connectivity index (χ0n) is 7.19. The summed E-state index contributed by atoms with van der Waals surface area (Å²) < 4.78 is 5.26. The molecule has 0 fully saturated rings. The van der Waals surface area contributed by atoms with Gasteiger partial charge in [-0.15, -0.1) is 0 Å². The third-order valence-corrected chi connectivity index (χ3v) is 2.30. The number of benzene rings is 1. The lowest BCUT2D eigenvalue weighted by atomic mass is 9.93. The number of nitrogens with zero attached hydrogens (tertiary/aromatic N) is 1. The van der Waals surface area contributed by atoms with Gasteiger partial charge < -0.3 is 9.84 Å². The van der Waals surface area contributed by atoms with Crippen LogP contribution in [-0.4, -0.2) is 11.2 Å². The number of rotatable bonds is 0. The standard InChI is InChI=1S/C10H9NO2/c1-10(12)7-4-2-3-5-8(7)13-9(10)6-11/h2-5,9,12H,1H3. The molecule has 13 heavy (non-hydrogen) atoms. The first kappa shape index (κ1) is 8.09. The van der Waals surface area contributed by atoms with Crippen LogP contribution in [0.15, 0.2) is 24.3 Å². The highest BCUT2D eigenvalue weighted by Gasteiger charge is 2.43. The van der Waals surface area contributed by atoms with Crippen molar-refractivity contribution >= 4 is 0 Å². The number of hydrogen-bond donors (Lipinski definition) is 1. The fourth-order valence-electron chi connectivity index (χ4n) is 1.52. The average Bonchev–Trinajstić information content (AvgIpc) is 2.39. The van der Waals surface area contributed by atoms with E-state index in [0.29, 0.717) is 11.3 Å². The van der Waals surface area contributed by atoms with Crippen molar-refractivity contribution in [2.45, 2.75) is 18.6 Å². The van der Waals surface area contributed by atoms with E-state index in [2.05, 4.69) is 0 Å². The topological polar surface area (TPSA) is 53.2 Å². The van der Waals surface area contributed by atoms with Gasteiger partial charge in [0, 0.05) is 5.56 Å². The molecule has 2 unspecified atom stereocenters. The normalized spacial score (nSPS) is 30.4. The molecule has 0 saturated carbocycles. The Bertz CT molecular complexity index is 379. The average molecular weight is 175 g/mol. The molecule has 0 spiro atoms. The Morgan fingerprint density at radius 2 is 2.23 bits per heavy atom. The molecule has 3 heteroatoms. The van der Waals surface area contributed by atoms with Crippen molar-refractivity contribution in [3.8, 4) is 11.8 Å². The van der Waals surface area contributed by atoms with Crippen LogP contribution in [0.3, 0.4) is 0 Å². The maximum Gasteiger partial charge on any atom is 0.216 e. The molecule has 2 rings (SSSR count). The van der Waals surface area contributed by atoms with E-state index in [4.69, 9.17) is 10.00 Å². The molecule has 1 N–H and O–H groups in total. The summed E-state index contributed by atoms with van der Waals surface area (Å²) in [4.78, 5) is 0. The second-order valence-electron chi connectivity index (χ2n) is 3.27. The molecule has 1 aliphatic heterocycles. The van der Waals surface area contributed by atoms with Gasteiger partial charge in [-0.05, 0) is 13.0 Å². The van der Waals surface area contributed by atoms with E-state index in [-0.39, 0.29) is 0 Å². The van der Waals surface area contributed by atoms with Crippen LogP contribution in [0.1, 0.15) is 12.5 Å². The Hall–Kier alpha value is -1.53.